The molecule has 0 radical (unpaired) electrons. The second-order valence-electron chi connectivity index (χ2n) is 3.99. The number of rotatable bonds is 5. The van der Waals surface area contributed by atoms with Gasteiger partial charge in [0.05, 0.1) is 11.5 Å². The van der Waals surface area contributed by atoms with Crippen LogP contribution in [0.4, 0.5) is 5.69 Å². The van der Waals surface area contributed by atoms with Gasteiger partial charge in [0.2, 0.25) is 11.8 Å². The van der Waals surface area contributed by atoms with Crippen molar-refractivity contribution in [3.05, 3.63) is 39.8 Å². The lowest BCUT2D eigenvalue weighted by Gasteiger charge is -2.01. The van der Waals surface area contributed by atoms with E-state index in [9.17, 15) is 10.1 Å². The van der Waals surface area contributed by atoms with E-state index in [-0.39, 0.29) is 5.69 Å². The Morgan fingerprint density at radius 2 is 2.21 bits per heavy atom. The van der Waals surface area contributed by atoms with Gasteiger partial charge in [0, 0.05) is 17.2 Å². The van der Waals surface area contributed by atoms with E-state index in [4.69, 9.17) is 4.42 Å². The van der Waals surface area contributed by atoms with E-state index >= 15 is 0 Å². The predicted octanol–water partition coefficient (Wildman–Crippen LogP) is 2.06. The van der Waals surface area contributed by atoms with Crippen molar-refractivity contribution >= 4 is 5.69 Å². The zero-order valence-corrected chi connectivity index (χ0v) is 10.7. The molecule has 0 amide bonds. The molecule has 0 bridgehead atoms. The Hall–Kier alpha value is -2.28. The molecule has 2 aromatic rings. The SMILES string of the molecule is CCNCc1nnc(-c2cccc([N+](=O)[O-])c2C)o1. The van der Waals surface area contributed by atoms with Crippen molar-refractivity contribution in [3.8, 4) is 11.5 Å². The molecule has 0 aliphatic carbocycles. The number of hydrogen-bond acceptors (Lipinski definition) is 6. The average Bonchev–Trinajstić information content (AvgIpc) is 2.84. The maximum absolute atomic E-state index is 10.9. The van der Waals surface area contributed by atoms with Crippen LogP contribution in [-0.4, -0.2) is 21.7 Å². The second kappa shape index (κ2) is 5.57. The van der Waals surface area contributed by atoms with Crippen LogP contribution in [-0.2, 0) is 6.54 Å². The summed E-state index contributed by atoms with van der Waals surface area (Å²) in [6, 6.07) is 4.79. The first kappa shape index (κ1) is 13.2. The number of nitrogens with one attached hydrogen (secondary N) is 1. The van der Waals surface area contributed by atoms with Gasteiger partial charge in [-0.3, -0.25) is 10.1 Å². The summed E-state index contributed by atoms with van der Waals surface area (Å²) in [6.07, 6.45) is 0. The van der Waals surface area contributed by atoms with Gasteiger partial charge in [-0.25, -0.2) is 0 Å². The highest BCUT2D eigenvalue weighted by Gasteiger charge is 2.18. The van der Waals surface area contributed by atoms with Gasteiger partial charge in [0.1, 0.15) is 0 Å². The first-order valence-electron chi connectivity index (χ1n) is 5.91. The Morgan fingerprint density at radius 3 is 2.89 bits per heavy atom. The molecule has 2 rings (SSSR count). The third kappa shape index (κ3) is 2.76. The van der Waals surface area contributed by atoms with Crippen molar-refractivity contribution in [3.63, 3.8) is 0 Å². The highest BCUT2D eigenvalue weighted by molar-refractivity contribution is 5.64. The molecule has 1 aromatic heterocycles. The molecule has 0 fully saturated rings. The highest BCUT2D eigenvalue weighted by Crippen LogP contribution is 2.28. The Balaban J connectivity index is 2.34. The fourth-order valence-electron chi connectivity index (χ4n) is 1.72. The van der Waals surface area contributed by atoms with E-state index in [1.807, 2.05) is 6.92 Å². The molecule has 1 heterocycles. The molecular weight excluding hydrogens is 248 g/mol. The van der Waals surface area contributed by atoms with Crippen LogP contribution >= 0.6 is 0 Å². The third-order valence-corrected chi connectivity index (χ3v) is 2.73. The van der Waals surface area contributed by atoms with Gasteiger partial charge >= 0.3 is 0 Å². The number of nitro benzene ring substituents is 1. The predicted molar refractivity (Wildman–Crippen MR) is 68.5 cm³/mol. The van der Waals surface area contributed by atoms with Crippen molar-refractivity contribution in [1.29, 1.82) is 0 Å². The Kier molecular flexibility index (Phi) is 3.86. The first-order valence-corrected chi connectivity index (χ1v) is 5.91. The largest absolute Gasteiger partial charge is 0.419 e. The highest BCUT2D eigenvalue weighted by atomic mass is 16.6. The van der Waals surface area contributed by atoms with Gasteiger partial charge in [0.25, 0.3) is 5.69 Å². The summed E-state index contributed by atoms with van der Waals surface area (Å²) in [6.45, 7) is 4.93. The number of nitrogens with zero attached hydrogens (tertiary/aromatic N) is 3. The number of benzene rings is 1. The van der Waals surface area contributed by atoms with E-state index in [1.165, 1.54) is 6.07 Å². The van der Waals surface area contributed by atoms with Crippen LogP contribution in [0, 0.1) is 17.0 Å². The van der Waals surface area contributed by atoms with Gasteiger partial charge in [-0.1, -0.05) is 13.0 Å². The lowest BCUT2D eigenvalue weighted by atomic mass is 10.1. The van der Waals surface area contributed by atoms with Crippen molar-refractivity contribution in [1.82, 2.24) is 15.5 Å². The van der Waals surface area contributed by atoms with E-state index < -0.39 is 4.92 Å². The Labute approximate surface area is 109 Å². The van der Waals surface area contributed by atoms with Crippen LogP contribution in [0.2, 0.25) is 0 Å². The monoisotopic (exact) mass is 262 g/mol. The standard InChI is InChI=1S/C12H14N4O3/c1-3-13-7-11-14-15-12(19-11)9-5-4-6-10(8(9)2)16(17)18/h4-6,13H,3,7H2,1-2H3. The molecule has 100 valence electrons. The summed E-state index contributed by atoms with van der Waals surface area (Å²) in [5.74, 6) is 0.761. The Bertz CT molecular complexity index is 594. The Morgan fingerprint density at radius 1 is 1.42 bits per heavy atom. The molecule has 0 unspecified atom stereocenters. The van der Waals surface area contributed by atoms with Gasteiger partial charge in [-0.2, -0.15) is 0 Å². The maximum Gasteiger partial charge on any atom is 0.273 e. The van der Waals surface area contributed by atoms with Crippen LogP contribution in [0.5, 0.6) is 0 Å². The summed E-state index contributed by atoms with van der Waals surface area (Å²) >= 11 is 0. The minimum Gasteiger partial charge on any atom is -0.419 e. The lowest BCUT2D eigenvalue weighted by Crippen LogP contribution is -2.11. The summed E-state index contributed by atoms with van der Waals surface area (Å²) in [5, 5.41) is 21.8. The van der Waals surface area contributed by atoms with Gasteiger partial charge in [-0.05, 0) is 19.5 Å². The smallest absolute Gasteiger partial charge is 0.273 e. The minimum absolute atomic E-state index is 0.0453. The third-order valence-electron chi connectivity index (χ3n) is 2.73. The van der Waals surface area contributed by atoms with Crippen LogP contribution in [0.1, 0.15) is 18.4 Å². The quantitative estimate of drug-likeness (QED) is 0.654. The molecule has 7 heteroatoms. The normalized spacial score (nSPS) is 10.6. The van der Waals surface area contributed by atoms with Crippen molar-refractivity contribution in [2.45, 2.75) is 20.4 Å². The summed E-state index contributed by atoms with van der Waals surface area (Å²) in [4.78, 5) is 10.5. The van der Waals surface area contributed by atoms with Crippen LogP contribution < -0.4 is 5.32 Å². The molecule has 7 nitrogen and oxygen atoms in total. The van der Waals surface area contributed by atoms with Gasteiger partial charge in [0.15, 0.2) is 0 Å². The van der Waals surface area contributed by atoms with Gasteiger partial charge < -0.3 is 9.73 Å². The average molecular weight is 262 g/mol. The summed E-state index contributed by atoms with van der Waals surface area (Å²) in [7, 11) is 0. The molecule has 0 aliphatic rings. The fraction of sp³-hybridized carbons (Fsp3) is 0.333. The van der Waals surface area contributed by atoms with E-state index in [0.717, 1.165) is 6.54 Å². The molecular formula is C12H14N4O3. The van der Waals surface area contributed by atoms with Gasteiger partial charge in [-0.15, -0.1) is 10.2 Å². The summed E-state index contributed by atoms with van der Waals surface area (Å²) in [5.41, 5.74) is 1.15. The molecule has 0 atom stereocenters. The van der Waals surface area contributed by atoms with Crippen molar-refractivity contribution in [2.24, 2.45) is 0 Å². The number of nitro groups is 1. The van der Waals surface area contributed by atoms with E-state index in [2.05, 4.69) is 15.5 Å². The first-order chi connectivity index (χ1) is 9.13. The van der Waals surface area contributed by atoms with Crippen LogP contribution in [0.25, 0.3) is 11.5 Å². The molecule has 1 aromatic carbocycles. The lowest BCUT2D eigenvalue weighted by molar-refractivity contribution is -0.385. The molecule has 19 heavy (non-hydrogen) atoms. The van der Waals surface area contributed by atoms with Crippen LogP contribution in [0.3, 0.4) is 0 Å². The molecule has 0 spiro atoms. The van der Waals surface area contributed by atoms with Crippen molar-refractivity contribution in [2.75, 3.05) is 6.54 Å². The zero-order valence-electron chi connectivity index (χ0n) is 10.7. The molecule has 1 N–H and O–H groups in total. The minimum atomic E-state index is -0.422. The second-order valence-corrected chi connectivity index (χ2v) is 3.99. The maximum atomic E-state index is 10.9. The molecule has 0 aliphatic heterocycles. The van der Waals surface area contributed by atoms with Crippen molar-refractivity contribution < 1.29 is 9.34 Å². The van der Waals surface area contributed by atoms with E-state index in [0.29, 0.717) is 29.5 Å². The molecule has 0 saturated heterocycles. The number of aromatic nitrogens is 2. The fourth-order valence-corrected chi connectivity index (χ4v) is 1.72. The topological polar surface area (TPSA) is 94.1 Å². The van der Waals surface area contributed by atoms with E-state index in [1.54, 1.807) is 19.1 Å². The van der Waals surface area contributed by atoms with Crippen LogP contribution in [0.15, 0.2) is 22.6 Å². The zero-order chi connectivity index (χ0) is 13.8. The molecule has 0 saturated carbocycles. The summed E-state index contributed by atoms with van der Waals surface area (Å²) < 4.78 is 5.48. The number of hydrogen-bond donors (Lipinski definition) is 1.